The zero-order chi connectivity index (χ0) is 15.1. The van der Waals surface area contributed by atoms with Crippen molar-refractivity contribution in [1.82, 2.24) is 10.2 Å². The molecule has 5 nitrogen and oxygen atoms in total. The summed E-state index contributed by atoms with van der Waals surface area (Å²) in [6, 6.07) is -0.0555. The molecule has 0 bridgehead atoms. The summed E-state index contributed by atoms with van der Waals surface area (Å²) in [5.74, 6) is -0.815. The second-order valence-electron chi connectivity index (χ2n) is 6.60. The number of carboxylic acid groups (broad SMARTS) is 1. The van der Waals surface area contributed by atoms with E-state index in [-0.39, 0.29) is 12.5 Å². The average molecular weight is 296 g/mol. The quantitative estimate of drug-likeness (QED) is 0.840. The van der Waals surface area contributed by atoms with Crippen LogP contribution >= 0.6 is 0 Å². The summed E-state index contributed by atoms with van der Waals surface area (Å²) < 4.78 is 0. The molecule has 1 saturated carbocycles. The molecule has 0 radical (unpaired) electrons. The maximum absolute atomic E-state index is 12.5. The highest BCUT2D eigenvalue weighted by Crippen LogP contribution is 2.31. The van der Waals surface area contributed by atoms with E-state index >= 15 is 0 Å². The molecule has 0 aromatic rings. The average Bonchev–Trinajstić information content (AvgIpc) is 2.37. The zero-order valence-electron chi connectivity index (χ0n) is 12.9. The third-order valence-corrected chi connectivity index (χ3v) is 4.82. The summed E-state index contributed by atoms with van der Waals surface area (Å²) in [6.45, 7) is 1.60. The van der Waals surface area contributed by atoms with E-state index in [1.807, 2.05) is 4.90 Å². The molecule has 0 aromatic carbocycles. The van der Waals surface area contributed by atoms with Gasteiger partial charge in [0.2, 0.25) is 0 Å². The van der Waals surface area contributed by atoms with Crippen LogP contribution in [0.5, 0.6) is 0 Å². The second-order valence-corrected chi connectivity index (χ2v) is 6.60. The number of urea groups is 1. The van der Waals surface area contributed by atoms with Crippen LogP contribution in [0, 0.1) is 0 Å². The zero-order valence-corrected chi connectivity index (χ0v) is 12.9. The van der Waals surface area contributed by atoms with Crippen LogP contribution in [0.1, 0.15) is 70.6 Å². The van der Waals surface area contributed by atoms with Crippen LogP contribution in [0.15, 0.2) is 0 Å². The van der Waals surface area contributed by atoms with Crippen molar-refractivity contribution >= 4 is 12.0 Å². The van der Waals surface area contributed by atoms with Gasteiger partial charge in [-0.15, -0.1) is 0 Å². The largest absolute Gasteiger partial charge is 0.481 e. The van der Waals surface area contributed by atoms with Gasteiger partial charge in [0.05, 0.1) is 12.0 Å². The van der Waals surface area contributed by atoms with E-state index in [1.165, 1.54) is 19.3 Å². The number of carbonyl (C=O) groups excluding carboxylic acids is 1. The van der Waals surface area contributed by atoms with Crippen LogP contribution in [-0.2, 0) is 4.79 Å². The van der Waals surface area contributed by atoms with Crippen molar-refractivity contribution in [2.45, 2.75) is 76.2 Å². The highest BCUT2D eigenvalue weighted by molar-refractivity contribution is 5.77. The number of nitrogens with one attached hydrogen (secondary N) is 1. The SMILES string of the molecule is O=C(O)CC1(NC(=O)N2CCCCCCC2)CCCCC1. The number of hydrogen-bond acceptors (Lipinski definition) is 2. The molecule has 2 aliphatic rings. The van der Waals surface area contributed by atoms with E-state index in [0.717, 1.165) is 58.0 Å². The van der Waals surface area contributed by atoms with Crippen molar-refractivity contribution in [3.05, 3.63) is 0 Å². The van der Waals surface area contributed by atoms with E-state index in [9.17, 15) is 14.7 Å². The molecule has 5 heteroatoms. The standard InChI is InChI=1S/C16H28N2O3/c19-14(20)13-16(9-5-4-6-10-16)17-15(21)18-11-7-2-1-3-8-12-18/h1-13H2,(H,17,21)(H,19,20). The van der Waals surface area contributed by atoms with Gasteiger partial charge >= 0.3 is 12.0 Å². The lowest BCUT2D eigenvalue weighted by Crippen LogP contribution is -2.55. The second kappa shape index (κ2) is 7.66. The predicted molar refractivity (Wildman–Crippen MR) is 81.3 cm³/mol. The van der Waals surface area contributed by atoms with Gasteiger partial charge in [-0.25, -0.2) is 4.79 Å². The van der Waals surface area contributed by atoms with Crippen LogP contribution < -0.4 is 5.32 Å². The smallest absolute Gasteiger partial charge is 0.317 e. The molecule has 1 aliphatic heterocycles. The number of likely N-dealkylation sites (tertiary alicyclic amines) is 1. The van der Waals surface area contributed by atoms with Gasteiger partial charge in [0, 0.05) is 13.1 Å². The Hall–Kier alpha value is -1.26. The molecule has 2 amide bonds. The molecular formula is C16H28N2O3. The number of hydrogen-bond donors (Lipinski definition) is 2. The topological polar surface area (TPSA) is 69.6 Å². The Labute approximate surface area is 127 Å². The van der Waals surface area contributed by atoms with Crippen LogP contribution in [0.3, 0.4) is 0 Å². The first-order chi connectivity index (χ1) is 10.1. The Morgan fingerprint density at radius 2 is 1.43 bits per heavy atom. The lowest BCUT2D eigenvalue weighted by Gasteiger charge is -2.39. The van der Waals surface area contributed by atoms with Gasteiger partial charge < -0.3 is 15.3 Å². The normalized spacial score (nSPS) is 23.0. The van der Waals surface area contributed by atoms with Gasteiger partial charge in [0.1, 0.15) is 0 Å². The fourth-order valence-electron chi connectivity index (χ4n) is 3.62. The van der Waals surface area contributed by atoms with Crippen molar-refractivity contribution in [2.24, 2.45) is 0 Å². The fourth-order valence-corrected chi connectivity index (χ4v) is 3.62. The summed E-state index contributed by atoms with van der Waals surface area (Å²) in [4.78, 5) is 25.6. The molecule has 0 aromatic heterocycles. The Morgan fingerprint density at radius 3 is 2.00 bits per heavy atom. The van der Waals surface area contributed by atoms with Gasteiger partial charge in [-0.3, -0.25) is 4.79 Å². The van der Waals surface area contributed by atoms with Crippen LogP contribution in [0.2, 0.25) is 0 Å². The summed E-state index contributed by atoms with van der Waals surface area (Å²) in [5, 5.41) is 12.3. The minimum absolute atomic E-state index is 0.0482. The molecule has 0 atom stereocenters. The number of aliphatic carboxylic acids is 1. The molecule has 0 spiro atoms. The summed E-state index contributed by atoms with van der Waals surface area (Å²) in [5.41, 5.74) is -0.524. The molecule has 0 unspecified atom stereocenters. The predicted octanol–water partition coefficient (Wildman–Crippen LogP) is 3.14. The van der Waals surface area contributed by atoms with Gasteiger partial charge in [0.25, 0.3) is 0 Å². The first-order valence-corrected chi connectivity index (χ1v) is 8.40. The minimum Gasteiger partial charge on any atom is -0.481 e. The van der Waals surface area contributed by atoms with Crippen molar-refractivity contribution in [3.8, 4) is 0 Å². The number of rotatable bonds is 3. The van der Waals surface area contributed by atoms with E-state index < -0.39 is 11.5 Å². The van der Waals surface area contributed by atoms with Crippen molar-refractivity contribution < 1.29 is 14.7 Å². The van der Waals surface area contributed by atoms with Crippen molar-refractivity contribution in [1.29, 1.82) is 0 Å². The van der Waals surface area contributed by atoms with Crippen LogP contribution in [-0.4, -0.2) is 40.6 Å². The van der Waals surface area contributed by atoms with E-state index in [1.54, 1.807) is 0 Å². The van der Waals surface area contributed by atoms with Crippen LogP contribution in [0.4, 0.5) is 4.79 Å². The van der Waals surface area contributed by atoms with Gasteiger partial charge in [0.15, 0.2) is 0 Å². The Bertz CT molecular complexity index is 357. The third-order valence-electron chi connectivity index (χ3n) is 4.82. The van der Waals surface area contributed by atoms with Crippen molar-refractivity contribution in [3.63, 3.8) is 0 Å². The van der Waals surface area contributed by atoms with E-state index in [2.05, 4.69) is 5.32 Å². The molecule has 1 saturated heterocycles. The van der Waals surface area contributed by atoms with Crippen LogP contribution in [0.25, 0.3) is 0 Å². The molecule has 21 heavy (non-hydrogen) atoms. The molecule has 1 heterocycles. The maximum atomic E-state index is 12.5. The molecule has 120 valence electrons. The highest BCUT2D eigenvalue weighted by atomic mass is 16.4. The number of carbonyl (C=O) groups is 2. The first-order valence-electron chi connectivity index (χ1n) is 8.40. The van der Waals surface area contributed by atoms with E-state index in [4.69, 9.17) is 0 Å². The van der Waals surface area contributed by atoms with Gasteiger partial charge in [-0.05, 0) is 25.7 Å². The maximum Gasteiger partial charge on any atom is 0.317 e. The molecule has 2 rings (SSSR count). The molecule has 1 aliphatic carbocycles. The summed E-state index contributed by atoms with van der Waals surface area (Å²) in [6.07, 6.45) is 10.5. The monoisotopic (exact) mass is 296 g/mol. The number of nitrogens with zero attached hydrogens (tertiary/aromatic N) is 1. The molecule has 2 fully saturated rings. The summed E-state index contributed by atoms with van der Waals surface area (Å²) >= 11 is 0. The van der Waals surface area contributed by atoms with E-state index in [0.29, 0.717) is 0 Å². The van der Waals surface area contributed by atoms with Gasteiger partial charge in [-0.1, -0.05) is 38.5 Å². The van der Waals surface area contributed by atoms with Gasteiger partial charge in [-0.2, -0.15) is 0 Å². The lowest BCUT2D eigenvalue weighted by molar-refractivity contribution is -0.139. The minimum atomic E-state index is -0.815. The lowest BCUT2D eigenvalue weighted by atomic mass is 9.79. The van der Waals surface area contributed by atoms with Crippen molar-refractivity contribution in [2.75, 3.05) is 13.1 Å². The molecular weight excluding hydrogens is 268 g/mol. The highest BCUT2D eigenvalue weighted by Gasteiger charge is 2.36. The Balaban J connectivity index is 1.97. The third kappa shape index (κ3) is 4.90. The summed E-state index contributed by atoms with van der Waals surface area (Å²) in [7, 11) is 0. The fraction of sp³-hybridized carbons (Fsp3) is 0.875. The number of amides is 2. The Kier molecular flexibility index (Phi) is 5.88. The molecule has 2 N–H and O–H groups in total. The first kappa shape index (κ1) is 16.1. The Morgan fingerprint density at radius 1 is 0.905 bits per heavy atom. The number of carboxylic acids is 1.